The van der Waals surface area contributed by atoms with Crippen molar-refractivity contribution in [3.05, 3.63) is 29.8 Å². The Morgan fingerprint density at radius 2 is 1.60 bits per heavy atom. The van der Waals surface area contributed by atoms with Crippen molar-refractivity contribution in [1.82, 2.24) is 10.6 Å². The predicted octanol–water partition coefficient (Wildman–Crippen LogP) is 0.346. The number of carbonyl (C=O) groups is 2. The number of benzene rings is 1. The van der Waals surface area contributed by atoms with Crippen molar-refractivity contribution in [3.63, 3.8) is 0 Å². The SMILES string of the molecule is CC(=O)NCCCNC(=O)c1ccc(S(C)(=O)=O)cc1. The van der Waals surface area contributed by atoms with Gasteiger partial charge in [0.25, 0.3) is 5.91 Å². The quantitative estimate of drug-likeness (QED) is 0.741. The van der Waals surface area contributed by atoms with Gasteiger partial charge in [0.2, 0.25) is 5.91 Å². The van der Waals surface area contributed by atoms with Crippen molar-refractivity contribution in [2.75, 3.05) is 19.3 Å². The molecular weight excluding hydrogens is 280 g/mol. The van der Waals surface area contributed by atoms with E-state index in [0.29, 0.717) is 25.1 Å². The summed E-state index contributed by atoms with van der Waals surface area (Å²) in [5.41, 5.74) is 0.400. The molecule has 0 radical (unpaired) electrons. The molecule has 0 fully saturated rings. The molecule has 0 aliphatic rings. The lowest BCUT2D eigenvalue weighted by atomic mass is 10.2. The summed E-state index contributed by atoms with van der Waals surface area (Å²) in [7, 11) is -3.25. The number of rotatable bonds is 6. The van der Waals surface area contributed by atoms with Crippen molar-refractivity contribution in [3.8, 4) is 0 Å². The summed E-state index contributed by atoms with van der Waals surface area (Å²) in [6, 6.07) is 5.75. The lowest BCUT2D eigenvalue weighted by Crippen LogP contribution is -2.28. The molecule has 0 aliphatic heterocycles. The molecular formula is C13H18N2O4S. The normalized spacial score (nSPS) is 10.9. The van der Waals surface area contributed by atoms with Gasteiger partial charge in [0.05, 0.1) is 4.90 Å². The van der Waals surface area contributed by atoms with Crippen molar-refractivity contribution < 1.29 is 18.0 Å². The number of amides is 2. The van der Waals surface area contributed by atoms with Crippen LogP contribution in [0.4, 0.5) is 0 Å². The van der Waals surface area contributed by atoms with Crippen LogP contribution in [0.1, 0.15) is 23.7 Å². The van der Waals surface area contributed by atoms with E-state index in [-0.39, 0.29) is 16.7 Å². The zero-order valence-electron chi connectivity index (χ0n) is 11.5. The van der Waals surface area contributed by atoms with Crippen molar-refractivity contribution in [1.29, 1.82) is 0 Å². The molecule has 0 aromatic heterocycles. The molecule has 110 valence electrons. The van der Waals surface area contributed by atoms with Crippen LogP contribution in [0.15, 0.2) is 29.2 Å². The van der Waals surface area contributed by atoms with Crippen molar-refractivity contribution in [2.24, 2.45) is 0 Å². The Balaban J connectivity index is 2.46. The van der Waals surface area contributed by atoms with Crippen LogP contribution in [0.3, 0.4) is 0 Å². The molecule has 0 bridgehead atoms. The summed E-state index contributed by atoms with van der Waals surface area (Å²) in [6.07, 6.45) is 1.75. The van der Waals surface area contributed by atoms with Crippen LogP contribution in [0.2, 0.25) is 0 Å². The Bertz CT molecular complexity index is 579. The minimum atomic E-state index is -3.25. The molecule has 7 heteroatoms. The average molecular weight is 298 g/mol. The Morgan fingerprint density at radius 1 is 1.05 bits per heavy atom. The van der Waals surface area contributed by atoms with E-state index in [4.69, 9.17) is 0 Å². The highest BCUT2D eigenvalue weighted by Gasteiger charge is 2.09. The van der Waals surface area contributed by atoms with E-state index in [2.05, 4.69) is 10.6 Å². The van der Waals surface area contributed by atoms with Gasteiger partial charge in [-0.2, -0.15) is 0 Å². The summed E-state index contributed by atoms with van der Waals surface area (Å²) in [5.74, 6) is -0.374. The van der Waals surface area contributed by atoms with Gasteiger partial charge < -0.3 is 10.6 Å². The number of hydrogen-bond donors (Lipinski definition) is 2. The molecule has 0 saturated carbocycles. The van der Waals surface area contributed by atoms with Crippen LogP contribution < -0.4 is 10.6 Å². The molecule has 0 spiro atoms. The largest absolute Gasteiger partial charge is 0.356 e. The molecule has 0 saturated heterocycles. The van der Waals surface area contributed by atoms with Gasteiger partial charge in [-0.15, -0.1) is 0 Å². The van der Waals surface area contributed by atoms with Crippen molar-refractivity contribution in [2.45, 2.75) is 18.2 Å². The highest BCUT2D eigenvalue weighted by Crippen LogP contribution is 2.10. The first-order valence-electron chi connectivity index (χ1n) is 6.13. The minimum absolute atomic E-state index is 0.104. The highest BCUT2D eigenvalue weighted by atomic mass is 32.2. The second-order valence-electron chi connectivity index (χ2n) is 4.39. The Kier molecular flexibility index (Phi) is 5.69. The van der Waals surface area contributed by atoms with Crippen molar-refractivity contribution >= 4 is 21.7 Å². The monoisotopic (exact) mass is 298 g/mol. The molecule has 0 heterocycles. The first-order chi connectivity index (χ1) is 9.30. The van der Waals surface area contributed by atoms with Crippen LogP contribution in [0.5, 0.6) is 0 Å². The Labute approximate surface area is 118 Å². The van der Waals surface area contributed by atoms with Gasteiger partial charge in [0.15, 0.2) is 9.84 Å². The molecule has 0 atom stereocenters. The fourth-order valence-corrected chi connectivity index (χ4v) is 2.14. The molecule has 1 rings (SSSR count). The van der Waals surface area contributed by atoms with Gasteiger partial charge in [0.1, 0.15) is 0 Å². The third kappa shape index (κ3) is 5.40. The summed E-state index contributed by atoms with van der Waals surface area (Å²) in [6.45, 7) is 2.37. The van der Waals surface area contributed by atoms with Gasteiger partial charge in [-0.3, -0.25) is 9.59 Å². The van der Waals surface area contributed by atoms with Gasteiger partial charge in [-0.05, 0) is 30.7 Å². The molecule has 2 N–H and O–H groups in total. The smallest absolute Gasteiger partial charge is 0.251 e. The fraction of sp³-hybridized carbons (Fsp3) is 0.385. The maximum Gasteiger partial charge on any atom is 0.251 e. The second kappa shape index (κ2) is 7.04. The van der Waals surface area contributed by atoms with Gasteiger partial charge in [-0.1, -0.05) is 0 Å². The van der Waals surface area contributed by atoms with Gasteiger partial charge >= 0.3 is 0 Å². The molecule has 20 heavy (non-hydrogen) atoms. The van der Waals surface area contributed by atoms with E-state index in [1.807, 2.05) is 0 Å². The average Bonchev–Trinajstić information content (AvgIpc) is 2.37. The molecule has 0 aliphatic carbocycles. The Hall–Kier alpha value is -1.89. The van der Waals surface area contributed by atoms with E-state index in [0.717, 1.165) is 6.26 Å². The maximum atomic E-state index is 11.8. The van der Waals surface area contributed by atoms with E-state index < -0.39 is 9.84 Å². The molecule has 0 unspecified atom stereocenters. The van der Waals surface area contributed by atoms with E-state index in [1.54, 1.807) is 0 Å². The van der Waals surface area contributed by atoms with Crippen LogP contribution >= 0.6 is 0 Å². The lowest BCUT2D eigenvalue weighted by Gasteiger charge is -2.06. The first-order valence-corrected chi connectivity index (χ1v) is 8.02. The predicted molar refractivity (Wildman–Crippen MR) is 75.2 cm³/mol. The second-order valence-corrected chi connectivity index (χ2v) is 6.40. The standard InChI is InChI=1S/C13H18N2O4S/c1-10(16)14-8-3-9-15-13(17)11-4-6-12(7-5-11)20(2,18)19/h4-7H,3,8-9H2,1-2H3,(H,14,16)(H,15,17). The van der Waals surface area contributed by atoms with Crippen LogP contribution in [-0.2, 0) is 14.6 Å². The summed E-state index contributed by atoms with van der Waals surface area (Å²) in [5, 5.41) is 5.32. The highest BCUT2D eigenvalue weighted by molar-refractivity contribution is 7.90. The molecule has 1 aromatic rings. The first kappa shape index (κ1) is 16.2. The van der Waals surface area contributed by atoms with Crippen LogP contribution in [0, 0.1) is 0 Å². The lowest BCUT2D eigenvalue weighted by molar-refractivity contribution is -0.118. The Morgan fingerprint density at radius 3 is 2.10 bits per heavy atom. The van der Waals surface area contributed by atoms with Gasteiger partial charge in [0, 0.05) is 31.8 Å². The summed E-state index contributed by atoms with van der Waals surface area (Å²) < 4.78 is 22.6. The maximum absolute atomic E-state index is 11.8. The van der Waals surface area contributed by atoms with Crippen LogP contribution in [0.25, 0.3) is 0 Å². The number of carbonyl (C=O) groups excluding carboxylic acids is 2. The fourth-order valence-electron chi connectivity index (χ4n) is 1.51. The molecule has 2 amide bonds. The van der Waals surface area contributed by atoms with E-state index in [1.165, 1.54) is 31.2 Å². The number of hydrogen-bond acceptors (Lipinski definition) is 4. The van der Waals surface area contributed by atoms with E-state index in [9.17, 15) is 18.0 Å². The molecule has 1 aromatic carbocycles. The zero-order valence-corrected chi connectivity index (χ0v) is 12.3. The third-order valence-electron chi connectivity index (χ3n) is 2.56. The van der Waals surface area contributed by atoms with Crippen LogP contribution in [-0.4, -0.2) is 39.6 Å². The van der Waals surface area contributed by atoms with E-state index >= 15 is 0 Å². The number of sulfone groups is 1. The minimum Gasteiger partial charge on any atom is -0.356 e. The number of nitrogens with one attached hydrogen (secondary N) is 2. The topological polar surface area (TPSA) is 92.3 Å². The third-order valence-corrected chi connectivity index (χ3v) is 3.69. The summed E-state index contributed by atoms with van der Waals surface area (Å²) in [4.78, 5) is 22.6. The van der Waals surface area contributed by atoms with Gasteiger partial charge in [-0.25, -0.2) is 8.42 Å². The zero-order chi connectivity index (χ0) is 15.2. The summed E-state index contributed by atoms with van der Waals surface area (Å²) >= 11 is 0. The molecule has 6 nitrogen and oxygen atoms in total.